The van der Waals surface area contributed by atoms with Gasteiger partial charge in [-0.05, 0) is 0 Å². The fraction of sp³-hybridized carbons (Fsp3) is 0.400. The number of hydrogen-bond acceptors (Lipinski definition) is 9. The van der Waals surface area contributed by atoms with Crippen LogP contribution >= 0.6 is 23.7 Å². The molecule has 9 nitrogen and oxygen atoms in total. The van der Waals surface area contributed by atoms with E-state index in [0.717, 1.165) is 0 Å². The zero-order valence-electron chi connectivity index (χ0n) is 25.4. The van der Waals surface area contributed by atoms with Crippen molar-refractivity contribution in [3.8, 4) is 17.2 Å². The molecule has 3 aromatic carbocycles. The van der Waals surface area contributed by atoms with Crippen LogP contribution < -0.4 is 23.3 Å². The molecule has 1 aliphatic rings. The molecular formula is C30H46N3O6P3. The Morgan fingerprint density at radius 2 is 1.10 bits per heavy atom. The van der Waals surface area contributed by atoms with Crippen molar-refractivity contribution in [2.24, 2.45) is 22.3 Å². The Morgan fingerprint density at radius 3 is 1.62 bits per heavy atom. The van der Waals surface area contributed by atoms with Gasteiger partial charge >= 0.3 is 252 Å². The average Bonchev–Trinajstić information content (AvgIpc) is 2.96. The van der Waals surface area contributed by atoms with E-state index in [9.17, 15) is 0 Å². The van der Waals surface area contributed by atoms with Gasteiger partial charge in [-0.15, -0.1) is 0 Å². The Morgan fingerprint density at radius 1 is 0.619 bits per heavy atom. The first kappa shape index (κ1) is 32.9. The van der Waals surface area contributed by atoms with Crippen molar-refractivity contribution in [2.45, 2.75) is 41.5 Å². The number of benzene rings is 3. The predicted octanol–water partition coefficient (Wildman–Crippen LogP) is 9.20. The summed E-state index contributed by atoms with van der Waals surface area (Å²) in [7, 11) is -10.8. The molecule has 0 fully saturated rings. The molecule has 1 unspecified atom stereocenters. The third-order valence-electron chi connectivity index (χ3n) is 5.67. The second kappa shape index (κ2) is 15.1. The van der Waals surface area contributed by atoms with E-state index >= 15 is 0 Å². The summed E-state index contributed by atoms with van der Waals surface area (Å²) in [5.74, 6) is 2.48. The maximum atomic E-state index is 6.77. The zero-order valence-corrected chi connectivity index (χ0v) is 28.3. The van der Waals surface area contributed by atoms with Crippen LogP contribution in [0.5, 0.6) is 17.2 Å². The molecule has 0 aromatic heterocycles. The van der Waals surface area contributed by atoms with Gasteiger partial charge in [-0.3, -0.25) is 0 Å². The Balaban J connectivity index is 1.93. The van der Waals surface area contributed by atoms with E-state index in [2.05, 4.69) is 51.3 Å². The number of nitrogens with zero attached hydrogens (tertiary/aromatic N) is 1. The van der Waals surface area contributed by atoms with Crippen molar-refractivity contribution in [3.63, 3.8) is 0 Å². The summed E-state index contributed by atoms with van der Waals surface area (Å²) < 4.78 is 45.5. The van der Waals surface area contributed by atoms with E-state index in [1.54, 1.807) is 0 Å². The van der Waals surface area contributed by atoms with Gasteiger partial charge in [0.2, 0.25) is 0 Å². The molecule has 232 valence electrons. The normalized spacial score (nSPS) is 21.0. The molecule has 0 saturated heterocycles. The van der Waals surface area contributed by atoms with Crippen LogP contribution in [-0.2, 0) is 13.6 Å². The van der Waals surface area contributed by atoms with E-state index < -0.39 is 23.7 Å². The molecule has 0 radical (unpaired) electrons. The second-order valence-electron chi connectivity index (χ2n) is 11.4. The van der Waals surface area contributed by atoms with Gasteiger partial charge in [0.05, 0.1) is 0 Å². The molecule has 3 aromatic rings. The van der Waals surface area contributed by atoms with Gasteiger partial charge in [-0.1, -0.05) is 0 Å². The molecule has 0 saturated carbocycles. The van der Waals surface area contributed by atoms with Gasteiger partial charge in [0.15, 0.2) is 0 Å². The fourth-order valence-electron chi connectivity index (χ4n) is 3.80. The minimum atomic E-state index is -3.79. The summed E-state index contributed by atoms with van der Waals surface area (Å²) in [6.45, 7) is 13.7. The van der Waals surface area contributed by atoms with Crippen molar-refractivity contribution in [2.75, 3.05) is 19.8 Å². The minimum absolute atomic E-state index is 0.207. The Kier molecular flexibility index (Phi) is 11.8. The van der Waals surface area contributed by atoms with Crippen molar-refractivity contribution in [1.29, 1.82) is 0 Å². The van der Waals surface area contributed by atoms with Crippen LogP contribution in [0.3, 0.4) is 0 Å². The molecule has 1 atom stereocenters. The summed E-state index contributed by atoms with van der Waals surface area (Å²) in [5, 5.41) is 0. The van der Waals surface area contributed by atoms with Crippen LogP contribution in [0, 0.1) is 17.8 Å². The molecule has 0 aliphatic carbocycles. The second-order valence-corrected chi connectivity index (χ2v) is 18.9. The van der Waals surface area contributed by atoms with Crippen molar-refractivity contribution in [3.05, 3.63) is 91.0 Å². The monoisotopic (exact) mass is 637 g/mol. The third kappa shape index (κ3) is 9.74. The van der Waals surface area contributed by atoms with E-state index in [-0.39, 0.29) is 17.8 Å². The summed E-state index contributed by atoms with van der Waals surface area (Å²) in [5.41, 5.74) is 0. The molecule has 4 rings (SSSR count). The molecule has 42 heavy (non-hydrogen) atoms. The van der Waals surface area contributed by atoms with Gasteiger partial charge in [0.25, 0.3) is 0 Å². The molecule has 0 amide bonds. The average molecular weight is 638 g/mol. The third-order valence-corrected chi connectivity index (χ3v) is 15.8. The van der Waals surface area contributed by atoms with Crippen LogP contribution in [-0.4, -0.2) is 19.8 Å². The van der Waals surface area contributed by atoms with Crippen molar-refractivity contribution >= 4 is 23.7 Å². The van der Waals surface area contributed by atoms with Gasteiger partial charge < -0.3 is 0 Å². The standard InChI is InChI=1S/C30H46N3O6P3/c1-25(2)22-34-40(37-28-16-10-7-11-17-28)31-41(35-23-26(3)4,38-29-18-12-8-13-19-29)33-42(32-40,36-24-27(5)6)39-30-20-14-9-15-21-30/h7-21,25-27,31-32,40-41H,22-24H2,1-6H3. The van der Waals surface area contributed by atoms with E-state index in [1.165, 1.54) is 0 Å². The predicted molar refractivity (Wildman–Crippen MR) is 176 cm³/mol. The summed E-state index contributed by atoms with van der Waals surface area (Å²) in [6.07, 6.45) is 0. The molecule has 1 aliphatic heterocycles. The van der Waals surface area contributed by atoms with Gasteiger partial charge in [0, 0.05) is 0 Å². The summed E-state index contributed by atoms with van der Waals surface area (Å²) >= 11 is 0. The van der Waals surface area contributed by atoms with Gasteiger partial charge in [0.1, 0.15) is 0 Å². The zero-order chi connectivity index (χ0) is 30.1. The van der Waals surface area contributed by atoms with Crippen LogP contribution in [0.4, 0.5) is 0 Å². The summed E-state index contributed by atoms with van der Waals surface area (Å²) in [4.78, 5) is 7.17. The van der Waals surface area contributed by atoms with E-state index in [1.807, 2.05) is 91.0 Å². The Bertz CT molecular complexity index is 1290. The number of hydrogen-bond donors (Lipinski definition) is 2. The Hall–Kier alpha value is -2.05. The van der Waals surface area contributed by atoms with Gasteiger partial charge in [-0.25, -0.2) is 0 Å². The van der Waals surface area contributed by atoms with E-state index in [0.29, 0.717) is 37.1 Å². The summed E-state index contributed by atoms with van der Waals surface area (Å²) in [6, 6.07) is 28.6. The van der Waals surface area contributed by atoms with Crippen LogP contribution in [0.25, 0.3) is 0 Å². The maximum absolute atomic E-state index is 6.77. The van der Waals surface area contributed by atoms with Crippen LogP contribution in [0.2, 0.25) is 0 Å². The Labute approximate surface area is 252 Å². The van der Waals surface area contributed by atoms with Crippen molar-refractivity contribution in [1.82, 2.24) is 9.72 Å². The molecule has 0 spiro atoms. The number of rotatable bonds is 15. The molecule has 0 bridgehead atoms. The molecular weight excluding hydrogens is 591 g/mol. The first-order chi connectivity index (χ1) is 20.1. The molecule has 1 heterocycles. The quantitative estimate of drug-likeness (QED) is 0.159. The first-order valence-electron chi connectivity index (χ1n) is 14.5. The first-order valence-corrected chi connectivity index (χ1v) is 19.6. The number of para-hydroxylation sites is 3. The molecule has 2 N–H and O–H groups in total. The van der Waals surface area contributed by atoms with Crippen LogP contribution in [0.1, 0.15) is 41.5 Å². The van der Waals surface area contributed by atoms with Crippen molar-refractivity contribution < 1.29 is 27.1 Å². The van der Waals surface area contributed by atoms with Crippen LogP contribution in [0.15, 0.2) is 95.5 Å². The number of nitrogens with one attached hydrogen (secondary N) is 2. The fourth-order valence-corrected chi connectivity index (χ4v) is 16.2. The van der Waals surface area contributed by atoms with E-state index in [4.69, 9.17) is 31.7 Å². The van der Waals surface area contributed by atoms with Gasteiger partial charge in [-0.2, -0.15) is 0 Å². The molecule has 12 heteroatoms. The topological polar surface area (TPSA) is 91.8 Å². The SMILES string of the molecule is CC(C)COP1(Oc2ccccc2)=N[PH](OCC(C)C)(Oc2ccccc2)N[PH](OCC(C)C)(Oc2ccccc2)N1.